The van der Waals surface area contributed by atoms with E-state index in [4.69, 9.17) is 0 Å². The monoisotopic (exact) mass is 251 g/mol. The Hall–Kier alpha value is -0.770. The minimum absolute atomic E-state index is 0.202. The standard InChI is InChI=1S/C14H21NOS/c1-11(13-7-5-4-6-8-13)9-15-12(2)14(10-16)17-3/h4-8,12,14-16H,1,9-10H2,2-3H3. The average Bonchev–Trinajstić information content (AvgIpc) is 2.38. The molecule has 94 valence electrons. The van der Waals surface area contributed by atoms with Gasteiger partial charge in [-0.1, -0.05) is 36.9 Å². The number of aliphatic hydroxyl groups is 1. The lowest BCUT2D eigenvalue weighted by Crippen LogP contribution is -2.38. The highest BCUT2D eigenvalue weighted by Gasteiger charge is 2.14. The Labute approximate surface area is 108 Å². The number of thioether (sulfide) groups is 1. The lowest BCUT2D eigenvalue weighted by Gasteiger charge is -2.22. The number of hydrogen-bond donors (Lipinski definition) is 2. The molecule has 1 rings (SSSR count). The molecule has 0 fully saturated rings. The molecule has 2 N–H and O–H groups in total. The van der Waals surface area contributed by atoms with Crippen LogP contribution in [0.2, 0.25) is 0 Å². The summed E-state index contributed by atoms with van der Waals surface area (Å²) in [5, 5.41) is 12.8. The third kappa shape index (κ3) is 4.54. The second-order valence-corrected chi connectivity index (χ2v) is 5.17. The maximum atomic E-state index is 9.20. The van der Waals surface area contributed by atoms with Crippen molar-refractivity contribution < 1.29 is 5.11 Å². The number of benzene rings is 1. The van der Waals surface area contributed by atoms with Crippen LogP contribution in [0.4, 0.5) is 0 Å². The Kier molecular flexibility index (Phi) is 6.34. The van der Waals surface area contributed by atoms with E-state index >= 15 is 0 Å². The molecule has 0 aliphatic rings. The molecule has 2 nitrogen and oxygen atoms in total. The van der Waals surface area contributed by atoms with Gasteiger partial charge in [-0.15, -0.1) is 0 Å². The lowest BCUT2D eigenvalue weighted by molar-refractivity contribution is 0.278. The molecule has 0 spiro atoms. The Morgan fingerprint density at radius 2 is 2.06 bits per heavy atom. The Balaban J connectivity index is 2.43. The highest BCUT2D eigenvalue weighted by atomic mass is 32.2. The van der Waals surface area contributed by atoms with Crippen LogP contribution in [0, 0.1) is 0 Å². The summed E-state index contributed by atoms with van der Waals surface area (Å²) >= 11 is 1.68. The first-order valence-corrected chi connectivity index (χ1v) is 7.08. The topological polar surface area (TPSA) is 32.3 Å². The number of hydrogen-bond acceptors (Lipinski definition) is 3. The molecule has 2 unspecified atom stereocenters. The second-order valence-electron chi connectivity index (χ2n) is 4.10. The predicted molar refractivity (Wildman–Crippen MR) is 77.3 cm³/mol. The minimum atomic E-state index is 0.202. The summed E-state index contributed by atoms with van der Waals surface area (Å²) in [7, 11) is 0. The fraction of sp³-hybridized carbons (Fsp3) is 0.429. The van der Waals surface area contributed by atoms with Gasteiger partial charge in [-0.25, -0.2) is 0 Å². The summed E-state index contributed by atoms with van der Waals surface area (Å²) in [6.45, 7) is 7.12. The van der Waals surface area contributed by atoms with Crippen LogP contribution < -0.4 is 5.32 Å². The van der Waals surface area contributed by atoms with E-state index in [-0.39, 0.29) is 17.9 Å². The molecule has 1 aromatic carbocycles. The zero-order valence-electron chi connectivity index (χ0n) is 10.5. The normalized spacial score (nSPS) is 14.3. The average molecular weight is 251 g/mol. The van der Waals surface area contributed by atoms with Crippen molar-refractivity contribution in [2.24, 2.45) is 0 Å². The first kappa shape index (κ1) is 14.3. The van der Waals surface area contributed by atoms with Crippen molar-refractivity contribution in [2.75, 3.05) is 19.4 Å². The molecule has 0 aliphatic heterocycles. The zero-order chi connectivity index (χ0) is 12.7. The van der Waals surface area contributed by atoms with E-state index in [9.17, 15) is 5.11 Å². The number of aliphatic hydroxyl groups excluding tert-OH is 1. The second kappa shape index (κ2) is 7.54. The molecular weight excluding hydrogens is 230 g/mol. The van der Waals surface area contributed by atoms with Crippen LogP contribution in [0.5, 0.6) is 0 Å². The van der Waals surface area contributed by atoms with Gasteiger partial charge in [-0.3, -0.25) is 0 Å². The molecular formula is C14H21NOS. The minimum Gasteiger partial charge on any atom is -0.395 e. The summed E-state index contributed by atoms with van der Waals surface area (Å²) in [5.74, 6) is 0. The van der Waals surface area contributed by atoms with Gasteiger partial charge in [0.25, 0.3) is 0 Å². The van der Waals surface area contributed by atoms with Crippen molar-refractivity contribution in [3.05, 3.63) is 42.5 Å². The predicted octanol–water partition coefficient (Wildman–Crippen LogP) is 2.40. The first-order chi connectivity index (χ1) is 8.19. The molecule has 0 aromatic heterocycles. The SMILES string of the molecule is C=C(CNC(C)C(CO)SC)c1ccccc1. The van der Waals surface area contributed by atoms with Gasteiger partial charge in [-0.2, -0.15) is 11.8 Å². The molecule has 2 atom stereocenters. The van der Waals surface area contributed by atoms with Gasteiger partial charge >= 0.3 is 0 Å². The highest BCUT2D eigenvalue weighted by molar-refractivity contribution is 7.99. The molecule has 1 aromatic rings. The number of nitrogens with one attached hydrogen (secondary N) is 1. The van der Waals surface area contributed by atoms with Crippen LogP contribution >= 0.6 is 11.8 Å². The highest BCUT2D eigenvalue weighted by Crippen LogP contribution is 2.13. The van der Waals surface area contributed by atoms with Gasteiger partial charge in [0.1, 0.15) is 0 Å². The largest absolute Gasteiger partial charge is 0.395 e. The van der Waals surface area contributed by atoms with Gasteiger partial charge in [0.05, 0.1) is 6.61 Å². The van der Waals surface area contributed by atoms with Crippen LogP contribution in [0.1, 0.15) is 12.5 Å². The summed E-state index contributed by atoms with van der Waals surface area (Å²) in [5.41, 5.74) is 2.24. The molecule has 0 saturated heterocycles. The van der Waals surface area contributed by atoms with Gasteiger partial charge in [0, 0.05) is 17.8 Å². The van der Waals surface area contributed by atoms with Crippen molar-refractivity contribution in [1.29, 1.82) is 0 Å². The lowest BCUT2D eigenvalue weighted by atomic mass is 10.1. The van der Waals surface area contributed by atoms with Crippen LogP contribution in [-0.4, -0.2) is 35.8 Å². The first-order valence-electron chi connectivity index (χ1n) is 5.79. The molecule has 0 saturated carbocycles. The molecule has 17 heavy (non-hydrogen) atoms. The maximum Gasteiger partial charge on any atom is 0.0564 e. The molecule has 0 radical (unpaired) electrons. The van der Waals surface area contributed by atoms with Gasteiger partial charge in [0.2, 0.25) is 0 Å². The molecule has 0 amide bonds. The van der Waals surface area contributed by atoms with E-state index in [1.54, 1.807) is 11.8 Å². The Bertz CT molecular complexity index is 335. The van der Waals surface area contributed by atoms with E-state index in [1.165, 1.54) is 0 Å². The van der Waals surface area contributed by atoms with Gasteiger partial charge in [0.15, 0.2) is 0 Å². The molecule has 3 heteroatoms. The van der Waals surface area contributed by atoms with E-state index in [0.717, 1.165) is 17.7 Å². The summed E-state index contributed by atoms with van der Waals surface area (Å²) < 4.78 is 0. The summed E-state index contributed by atoms with van der Waals surface area (Å²) in [6.07, 6.45) is 2.02. The van der Waals surface area contributed by atoms with Crippen LogP contribution in [0.3, 0.4) is 0 Å². The zero-order valence-corrected chi connectivity index (χ0v) is 11.3. The van der Waals surface area contributed by atoms with Crippen LogP contribution in [0.15, 0.2) is 36.9 Å². The van der Waals surface area contributed by atoms with Crippen LogP contribution in [-0.2, 0) is 0 Å². The molecule has 0 heterocycles. The van der Waals surface area contributed by atoms with Crippen LogP contribution in [0.25, 0.3) is 5.57 Å². The van der Waals surface area contributed by atoms with Crippen molar-refractivity contribution in [3.63, 3.8) is 0 Å². The fourth-order valence-corrected chi connectivity index (χ4v) is 2.28. The van der Waals surface area contributed by atoms with E-state index < -0.39 is 0 Å². The van der Waals surface area contributed by atoms with Crippen molar-refractivity contribution in [1.82, 2.24) is 5.32 Å². The van der Waals surface area contributed by atoms with Gasteiger partial charge in [-0.05, 0) is 24.3 Å². The van der Waals surface area contributed by atoms with E-state index in [2.05, 4.69) is 31.0 Å². The summed E-state index contributed by atoms with van der Waals surface area (Å²) in [4.78, 5) is 0. The third-order valence-electron chi connectivity index (χ3n) is 2.86. The summed E-state index contributed by atoms with van der Waals surface area (Å²) in [6, 6.07) is 10.4. The fourth-order valence-electron chi connectivity index (χ4n) is 1.63. The smallest absolute Gasteiger partial charge is 0.0564 e. The quantitative estimate of drug-likeness (QED) is 0.780. The van der Waals surface area contributed by atoms with Gasteiger partial charge < -0.3 is 10.4 Å². The third-order valence-corrected chi connectivity index (χ3v) is 4.02. The molecule has 0 aliphatic carbocycles. The van der Waals surface area contributed by atoms with Crippen molar-refractivity contribution in [2.45, 2.75) is 18.2 Å². The van der Waals surface area contributed by atoms with E-state index in [1.807, 2.05) is 24.5 Å². The van der Waals surface area contributed by atoms with Crippen molar-refractivity contribution >= 4 is 17.3 Å². The Morgan fingerprint density at radius 3 is 2.59 bits per heavy atom. The number of rotatable bonds is 7. The molecule has 0 bridgehead atoms. The van der Waals surface area contributed by atoms with Crippen molar-refractivity contribution in [3.8, 4) is 0 Å². The Morgan fingerprint density at radius 1 is 1.41 bits per heavy atom. The van der Waals surface area contributed by atoms with E-state index in [0.29, 0.717) is 0 Å². The maximum absolute atomic E-state index is 9.20.